The van der Waals surface area contributed by atoms with Gasteiger partial charge in [-0.2, -0.15) is 0 Å². The van der Waals surface area contributed by atoms with Crippen LogP contribution in [0.2, 0.25) is 0 Å². The molecule has 5 nitrogen and oxygen atoms in total. The van der Waals surface area contributed by atoms with Crippen molar-refractivity contribution in [2.75, 3.05) is 26.3 Å². The van der Waals surface area contributed by atoms with Gasteiger partial charge in [-0.3, -0.25) is 9.88 Å². The zero-order chi connectivity index (χ0) is 17.1. The highest BCUT2D eigenvalue weighted by Crippen LogP contribution is 2.42. The minimum Gasteiger partial charge on any atom is -0.476 e. The highest BCUT2D eigenvalue weighted by atomic mass is 19.1. The number of ether oxygens (including phenoxy) is 2. The van der Waals surface area contributed by atoms with Gasteiger partial charge in [0.25, 0.3) is 0 Å². The van der Waals surface area contributed by atoms with Crippen LogP contribution in [0.5, 0.6) is 5.88 Å². The van der Waals surface area contributed by atoms with Crippen molar-refractivity contribution in [3.63, 3.8) is 0 Å². The Labute approximate surface area is 146 Å². The Morgan fingerprint density at radius 2 is 2.16 bits per heavy atom. The highest BCUT2D eigenvalue weighted by molar-refractivity contribution is 5.14. The molecule has 1 spiro atoms. The van der Waals surface area contributed by atoms with Crippen LogP contribution in [0.15, 0.2) is 42.9 Å². The molecule has 0 bridgehead atoms. The second-order valence-electron chi connectivity index (χ2n) is 6.83. The van der Waals surface area contributed by atoms with Crippen LogP contribution in [0.25, 0.3) is 0 Å². The summed E-state index contributed by atoms with van der Waals surface area (Å²) in [6.07, 6.45) is 7.14. The maximum Gasteiger partial charge on any atom is 0.250 e. The van der Waals surface area contributed by atoms with Gasteiger partial charge in [0.05, 0.1) is 12.2 Å². The monoisotopic (exact) mass is 343 g/mol. The molecule has 2 saturated heterocycles. The van der Waals surface area contributed by atoms with Crippen LogP contribution in [0.1, 0.15) is 18.4 Å². The number of pyridine rings is 2. The number of rotatable bonds is 6. The largest absolute Gasteiger partial charge is 0.476 e. The molecule has 1 atom stereocenters. The van der Waals surface area contributed by atoms with Gasteiger partial charge < -0.3 is 9.47 Å². The van der Waals surface area contributed by atoms with E-state index in [0.29, 0.717) is 12.5 Å². The van der Waals surface area contributed by atoms with Crippen LogP contribution < -0.4 is 4.74 Å². The number of likely N-dealkylation sites (tertiary alicyclic amines) is 1. The van der Waals surface area contributed by atoms with Crippen LogP contribution in [0.4, 0.5) is 4.39 Å². The van der Waals surface area contributed by atoms with Gasteiger partial charge in [0.1, 0.15) is 0 Å². The van der Waals surface area contributed by atoms with Gasteiger partial charge in [-0.05, 0) is 42.5 Å². The van der Waals surface area contributed by atoms with E-state index >= 15 is 0 Å². The maximum atomic E-state index is 13.6. The Kier molecular flexibility index (Phi) is 4.63. The first kappa shape index (κ1) is 16.4. The molecule has 0 amide bonds. The van der Waals surface area contributed by atoms with Crippen molar-refractivity contribution in [2.24, 2.45) is 5.92 Å². The Balaban J connectivity index is 1.28. The fourth-order valence-electron chi connectivity index (χ4n) is 3.89. The maximum absolute atomic E-state index is 13.6. The molecule has 2 aliphatic rings. The summed E-state index contributed by atoms with van der Waals surface area (Å²) in [7, 11) is 0. The second-order valence-corrected chi connectivity index (χ2v) is 6.83. The molecule has 2 aromatic heterocycles. The van der Waals surface area contributed by atoms with Crippen LogP contribution in [-0.2, 0) is 11.3 Å². The van der Waals surface area contributed by atoms with Gasteiger partial charge >= 0.3 is 0 Å². The summed E-state index contributed by atoms with van der Waals surface area (Å²) in [6, 6.07) is 6.99. The summed E-state index contributed by atoms with van der Waals surface area (Å²) >= 11 is 0. The Bertz CT molecular complexity index is 707. The van der Waals surface area contributed by atoms with Gasteiger partial charge in [-0.1, -0.05) is 6.07 Å². The van der Waals surface area contributed by atoms with E-state index in [1.54, 1.807) is 18.5 Å². The lowest BCUT2D eigenvalue weighted by molar-refractivity contribution is -0.138. The number of nitrogens with zero attached hydrogens (tertiary/aromatic N) is 3. The molecule has 0 aliphatic carbocycles. The number of aromatic nitrogens is 2. The lowest BCUT2D eigenvalue weighted by atomic mass is 9.79. The van der Waals surface area contributed by atoms with Crippen LogP contribution in [0, 0.1) is 11.7 Å². The fourth-order valence-corrected chi connectivity index (χ4v) is 3.89. The van der Waals surface area contributed by atoms with E-state index in [2.05, 4.69) is 20.9 Å². The summed E-state index contributed by atoms with van der Waals surface area (Å²) in [6.45, 7) is 4.03. The molecule has 0 N–H and O–H groups in total. The molecule has 132 valence electrons. The quantitative estimate of drug-likeness (QED) is 0.807. The van der Waals surface area contributed by atoms with Crippen molar-refractivity contribution in [1.29, 1.82) is 0 Å². The van der Waals surface area contributed by atoms with E-state index in [4.69, 9.17) is 9.47 Å². The first-order valence-corrected chi connectivity index (χ1v) is 8.74. The molecule has 0 aromatic carbocycles. The lowest BCUT2D eigenvalue weighted by Gasteiger charge is -2.50. The minimum absolute atomic E-state index is 0.0613. The molecule has 1 unspecified atom stereocenters. The van der Waals surface area contributed by atoms with E-state index in [1.165, 1.54) is 11.6 Å². The Morgan fingerprint density at radius 1 is 1.28 bits per heavy atom. The predicted octanol–water partition coefficient (Wildman–Crippen LogP) is 2.68. The van der Waals surface area contributed by atoms with Gasteiger partial charge in [-0.25, -0.2) is 9.37 Å². The minimum atomic E-state index is -0.411. The first-order valence-electron chi connectivity index (χ1n) is 8.74. The summed E-state index contributed by atoms with van der Waals surface area (Å²) in [5, 5.41) is 0. The lowest BCUT2D eigenvalue weighted by Crippen LogP contribution is -2.64. The zero-order valence-electron chi connectivity index (χ0n) is 14.1. The average molecular weight is 343 g/mol. The van der Waals surface area contributed by atoms with Crippen molar-refractivity contribution >= 4 is 0 Å². The number of halogens is 1. The molecule has 4 heterocycles. The molecule has 0 saturated carbocycles. The zero-order valence-corrected chi connectivity index (χ0v) is 14.1. The number of hydrogen-bond donors (Lipinski definition) is 0. The number of hydrogen-bond acceptors (Lipinski definition) is 5. The predicted molar refractivity (Wildman–Crippen MR) is 90.6 cm³/mol. The average Bonchev–Trinajstić information content (AvgIpc) is 3.01. The van der Waals surface area contributed by atoms with Crippen molar-refractivity contribution in [3.8, 4) is 5.88 Å². The molecular weight excluding hydrogens is 321 g/mol. The second kappa shape index (κ2) is 7.06. The standard InChI is InChI=1S/C19H22FN3O2/c20-17-4-2-8-22-18(17)24-9-5-16-6-10-25-19(16)13-23(14-19)12-15-3-1-7-21-11-15/h1-4,7-8,11,16H,5-6,9-10,12-14H2. The summed E-state index contributed by atoms with van der Waals surface area (Å²) in [5.74, 6) is 0.123. The molecule has 2 aromatic rings. The topological polar surface area (TPSA) is 47.5 Å². The van der Waals surface area contributed by atoms with E-state index < -0.39 is 5.82 Å². The molecule has 4 rings (SSSR count). The molecule has 0 radical (unpaired) electrons. The highest BCUT2D eigenvalue weighted by Gasteiger charge is 2.52. The smallest absolute Gasteiger partial charge is 0.250 e. The summed E-state index contributed by atoms with van der Waals surface area (Å²) in [4.78, 5) is 10.5. The normalized spacial score (nSPS) is 22.0. The molecule has 2 fully saturated rings. The van der Waals surface area contributed by atoms with Gasteiger partial charge in [0, 0.05) is 44.8 Å². The van der Waals surface area contributed by atoms with Crippen molar-refractivity contribution < 1.29 is 13.9 Å². The van der Waals surface area contributed by atoms with Crippen molar-refractivity contribution in [1.82, 2.24) is 14.9 Å². The van der Waals surface area contributed by atoms with Crippen LogP contribution >= 0.6 is 0 Å². The van der Waals surface area contributed by atoms with Crippen LogP contribution in [0.3, 0.4) is 0 Å². The first-order chi connectivity index (χ1) is 12.3. The van der Waals surface area contributed by atoms with Gasteiger partial charge in [0.15, 0.2) is 5.82 Å². The third-order valence-electron chi connectivity index (χ3n) is 5.14. The van der Waals surface area contributed by atoms with E-state index in [0.717, 1.165) is 39.1 Å². The van der Waals surface area contributed by atoms with Gasteiger partial charge in [-0.15, -0.1) is 0 Å². The van der Waals surface area contributed by atoms with Crippen molar-refractivity contribution in [2.45, 2.75) is 25.0 Å². The van der Waals surface area contributed by atoms with Gasteiger partial charge in [0.2, 0.25) is 5.88 Å². The molecule has 25 heavy (non-hydrogen) atoms. The third kappa shape index (κ3) is 3.50. The summed E-state index contributed by atoms with van der Waals surface area (Å²) in [5.41, 5.74) is 1.16. The third-order valence-corrected chi connectivity index (χ3v) is 5.14. The SMILES string of the molecule is Fc1cccnc1OCCC1CCOC12CN(Cc1cccnc1)C2. The molecule has 2 aliphatic heterocycles. The van der Waals surface area contributed by atoms with E-state index in [9.17, 15) is 4.39 Å². The van der Waals surface area contributed by atoms with E-state index in [-0.39, 0.29) is 11.5 Å². The fraction of sp³-hybridized carbons (Fsp3) is 0.474. The van der Waals surface area contributed by atoms with E-state index in [1.807, 2.05) is 12.3 Å². The molecular formula is C19H22FN3O2. The molecule has 6 heteroatoms. The van der Waals surface area contributed by atoms with Crippen LogP contribution in [-0.4, -0.2) is 46.8 Å². The summed E-state index contributed by atoms with van der Waals surface area (Å²) < 4.78 is 25.2. The Morgan fingerprint density at radius 3 is 2.96 bits per heavy atom. The van der Waals surface area contributed by atoms with Crippen molar-refractivity contribution in [3.05, 3.63) is 54.2 Å². The Hall–Kier alpha value is -2.05.